The van der Waals surface area contributed by atoms with Gasteiger partial charge in [-0.2, -0.15) is 0 Å². The number of rotatable bonds is 5. The summed E-state index contributed by atoms with van der Waals surface area (Å²) in [5, 5.41) is 66.9. The second-order valence-corrected chi connectivity index (χ2v) is 18.4. The molecule has 0 radical (unpaired) electrons. The Morgan fingerprint density at radius 3 is 2.40 bits per heavy atom. The summed E-state index contributed by atoms with van der Waals surface area (Å²) in [6.45, 7) is 15.2. The van der Waals surface area contributed by atoms with E-state index in [9.17, 15) is 35.4 Å². The zero-order chi connectivity index (χ0) is 35.2. The van der Waals surface area contributed by atoms with E-state index in [0.29, 0.717) is 6.42 Å². The minimum atomic E-state index is -1.90. The van der Waals surface area contributed by atoms with Crippen LogP contribution in [0.15, 0.2) is 11.6 Å². The van der Waals surface area contributed by atoms with Gasteiger partial charge in [0.2, 0.25) is 0 Å². The van der Waals surface area contributed by atoms with Gasteiger partial charge in [0.25, 0.3) is 0 Å². The van der Waals surface area contributed by atoms with Crippen molar-refractivity contribution < 1.29 is 54.4 Å². The normalized spacial score (nSPS) is 54.4. The van der Waals surface area contributed by atoms with Crippen molar-refractivity contribution >= 4 is 5.97 Å². The van der Waals surface area contributed by atoms with Gasteiger partial charge < -0.3 is 49.6 Å². The van der Waals surface area contributed by atoms with Gasteiger partial charge in [0, 0.05) is 18.3 Å². The van der Waals surface area contributed by atoms with Crippen molar-refractivity contribution in [1.29, 1.82) is 0 Å². The van der Waals surface area contributed by atoms with Crippen LogP contribution in [0.3, 0.4) is 0 Å². The summed E-state index contributed by atoms with van der Waals surface area (Å²) >= 11 is 0. The predicted octanol–water partition coefficient (Wildman–Crippen LogP) is 2.57. The molecule has 272 valence electrons. The molecule has 0 bridgehead atoms. The van der Waals surface area contributed by atoms with E-state index in [0.717, 1.165) is 38.5 Å². The lowest BCUT2D eigenvalue weighted by Crippen LogP contribution is -2.61. The number of allylic oxidation sites excluding steroid dienone is 1. The molecule has 0 aromatic rings. The second-order valence-electron chi connectivity index (χ2n) is 18.4. The zero-order valence-corrected chi connectivity index (χ0v) is 29.8. The number of aliphatic hydroxyl groups is 6. The van der Waals surface area contributed by atoms with Crippen LogP contribution in [0.1, 0.15) is 100 Å². The van der Waals surface area contributed by atoms with Crippen LogP contribution in [0.5, 0.6) is 0 Å². The molecule has 48 heavy (non-hydrogen) atoms. The third-order valence-corrected chi connectivity index (χ3v) is 15.2. The summed E-state index contributed by atoms with van der Waals surface area (Å²) in [6.07, 6.45) is -0.0661. The summed E-state index contributed by atoms with van der Waals surface area (Å²) in [6, 6.07) is 0. The molecule has 0 aromatic carbocycles. The largest absolute Gasteiger partial charge is 0.457 e. The summed E-state index contributed by atoms with van der Waals surface area (Å²) < 4.78 is 24.2. The highest BCUT2D eigenvalue weighted by Gasteiger charge is 2.85. The van der Waals surface area contributed by atoms with Crippen LogP contribution in [0.2, 0.25) is 0 Å². The number of aliphatic hydroxyl groups excluding tert-OH is 4. The number of carbonyl (C=O) groups excluding carboxylic acids is 1. The Kier molecular flexibility index (Phi) is 7.86. The van der Waals surface area contributed by atoms with Crippen molar-refractivity contribution in [3.8, 4) is 0 Å². The van der Waals surface area contributed by atoms with Crippen molar-refractivity contribution in [3.05, 3.63) is 11.6 Å². The van der Waals surface area contributed by atoms with Gasteiger partial charge in [-0.15, -0.1) is 0 Å². The molecule has 7 aliphatic rings. The molecule has 0 amide bonds. The van der Waals surface area contributed by atoms with Gasteiger partial charge in [0.05, 0.1) is 18.3 Å². The molecule has 11 nitrogen and oxygen atoms in total. The van der Waals surface area contributed by atoms with Gasteiger partial charge in [-0.3, -0.25) is 4.79 Å². The number of ether oxygens (including phenoxy) is 4. The average molecular weight is 679 g/mol. The van der Waals surface area contributed by atoms with Crippen LogP contribution in [0.4, 0.5) is 0 Å². The standard InChI is InChI=1S/C37H58O11/c1-18-15-21(28(32(5,6)43)46-19(2)38)48-37(44)27(18)33(7)13-14-36-17-35(36)12-11-24(47-29-26(41)25(40)20(39)16-45-29)31(3,4)22(35)9-10-23(36)34(33,8)30(37)42/h10,18,20-22,24-30,39-44H,9,11-17H2,1-8H3/t18-,20-,21+,22+,24+,25+,26-,27-,28-,29+,30-,33-,34-,35-,36+,37-/m1/s1. The topological polar surface area (TPSA) is 175 Å². The summed E-state index contributed by atoms with van der Waals surface area (Å²) in [4.78, 5) is 12.1. The molecule has 2 heterocycles. The molecule has 2 saturated heterocycles. The van der Waals surface area contributed by atoms with E-state index in [1.165, 1.54) is 12.5 Å². The second kappa shape index (κ2) is 10.7. The SMILES string of the molecule is CC(=O)O[C@H]([C@@H]1C[C@@H](C)[C@H]2[C@@](O)(O1)[C@H](O)[C@@]1(C)C3=CC[C@H]4C(C)(C)[C@@H](O[C@@H]5OC[C@@H](O)[C@H](O)[C@H]5O)CC[C@@]45C[C@@]35CC[C@]21C)C(C)(C)O. The molecule has 16 atom stereocenters. The van der Waals surface area contributed by atoms with Crippen LogP contribution in [0.25, 0.3) is 0 Å². The number of hydrogen-bond acceptors (Lipinski definition) is 11. The first-order chi connectivity index (χ1) is 22.1. The Labute approximate surface area is 284 Å². The van der Waals surface area contributed by atoms with Crippen LogP contribution in [-0.4, -0.2) is 104 Å². The number of esters is 1. The number of fused-ring (bicyclic) bond motifs is 4. The maximum Gasteiger partial charge on any atom is 0.303 e. The van der Waals surface area contributed by atoms with E-state index in [1.54, 1.807) is 13.8 Å². The Morgan fingerprint density at radius 1 is 1.06 bits per heavy atom. The van der Waals surface area contributed by atoms with Crippen LogP contribution in [0, 0.1) is 44.8 Å². The molecular formula is C37H58O11. The quantitative estimate of drug-likeness (QED) is 0.186. The van der Waals surface area contributed by atoms with Crippen LogP contribution < -0.4 is 0 Å². The van der Waals surface area contributed by atoms with E-state index in [2.05, 4.69) is 40.7 Å². The molecule has 5 aliphatic carbocycles. The molecule has 7 rings (SSSR count). The fourth-order valence-corrected chi connectivity index (χ4v) is 13.0. The lowest BCUT2D eigenvalue weighted by molar-refractivity contribution is -0.341. The minimum Gasteiger partial charge on any atom is -0.457 e. The maximum absolute atomic E-state index is 12.6. The molecular weight excluding hydrogens is 620 g/mol. The van der Waals surface area contributed by atoms with Gasteiger partial charge >= 0.3 is 5.97 Å². The third kappa shape index (κ3) is 4.35. The highest BCUT2D eigenvalue weighted by Crippen LogP contribution is 2.88. The minimum absolute atomic E-state index is 0.0129. The van der Waals surface area contributed by atoms with E-state index < -0.39 is 71.1 Å². The summed E-state index contributed by atoms with van der Waals surface area (Å²) in [5.41, 5.74) is -1.83. The van der Waals surface area contributed by atoms with E-state index in [4.69, 9.17) is 18.9 Å². The smallest absolute Gasteiger partial charge is 0.303 e. The molecule has 0 aromatic heterocycles. The third-order valence-electron chi connectivity index (χ3n) is 15.2. The molecule has 0 unspecified atom stereocenters. The van der Waals surface area contributed by atoms with E-state index in [1.807, 2.05) is 0 Å². The average Bonchev–Trinajstić information content (AvgIpc) is 3.62. The Morgan fingerprint density at radius 2 is 1.75 bits per heavy atom. The Bertz CT molecular complexity index is 1360. The molecule has 6 N–H and O–H groups in total. The highest BCUT2D eigenvalue weighted by molar-refractivity contribution is 5.66. The van der Waals surface area contributed by atoms with Crippen molar-refractivity contribution in [2.45, 2.75) is 161 Å². The lowest BCUT2D eigenvalue weighted by atomic mass is 9.44. The highest BCUT2D eigenvalue weighted by atomic mass is 16.7. The van der Waals surface area contributed by atoms with Crippen LogP contribution in [-0.2, 0) is 23.7 Å². The molecule has 4 saturated carbocycles. The fraction of sp³-hybridized carbons (Fsp3) is 0.919. The Balaban J connectivity index is 1.20. The van der Waals surface area contributed by atoms with Crippen molar-refractivity contribution in [3.63, 3.8) is 0 Å². The summed E-state index contributed by atoms with van der Waals surface area (Å²) in [5.74, 6) is -2.63. The fourth-order valence-electron chi connectivity index (χ4n) is 13.0. The first-order valence-corrected chi connectivity index (χ1v) is 18.1. The van der Waals surface area contributed by atoms with Crippen LogP contribution >= 0.6 is 0 Å². The van der Waals surface area contributed by atoms with Crippen molar-refractivity contribution in [2.24, 2.45) is 44.8 Å². The van der Waals surface area contributed by atoms with Gasteiger partial charge in [0.15, 0.2) is 18.2 Å². The van der Waals surface area contributed by atoms with Gasteiger partial charge in [-0.05, 0) is 92.3 Å². The number of carbonyl (C=O) groups is 1. The van der Waals surface area contributed by atoms with Gasteiger partial charge in [0.1, 0.15) is 30.5 Å². The van der Waals surface area contributed by atoms with Crippen molar-refractivity contribution in [2.75, 3.05) is 6.61 Å². The molecule has 2 spiro atoms. The van der Waals surface area contributed by atoms with Gasteiger partial charge in [-0.25, -0.2) is 0 Å². The maximum atomic E-state index is 12.6. The molecule has 6 fully saturated rings. The molecule has 11 heteroatoms. The lowest BCUT2D eigenvalue weighted by Gasteiger charge is -2.60. The Hall–Kier alpha value is -1.15. The zero-order valence-electron chi connectivity index (χ0n) is 29.8. The van der Waals surface area contributed by atoms with E-state index >= 15 is 0 Å². The van der Waals surface area contributed by atoms with E-state index in [-0.39, 0.29) is 46.7 Å². The first kappa shape index (κ1) is 35.3. The predicted molar refractivity (Wildman–Crippen MR) is 172 cm³/mol. The molecule has 2 aliphatic heterocycles. The van der Waals surface area contributed by atoms with Gasteiger partial charge in [-0.1, -0.05) is 46.3 Å². The van der Waals surface area contributed by atoms with Crippen molar-refractivity contribution in [1.82, 2.24) is 0 Å². The summed E-state index contributed by atoms with van der Waals surface area (Å²) in [7, 11) is 0. The number of hydrogen-bond donors (Lipinski definition) is 6. The first-order valence-electron chi connectivity index (χ1n) is 18.1. The monoisotopic (exact) mass is 678 g/mol.